The maximum atomic E-state index is 10.5. The first-order valence-corrected chi connectivity index (χ1v) is 10.3. The zero-order valence-electron chi connectivity index (χ0n) is 17.2. The second kappa shape index (κ2) is 8.81. The Morgan fingerprint density at radius 2 is 2.00 bits per heavy atom. The Morgan fingerprint density at radius 3 is 2.60 bits per heavy atom. The van der Waals surface area contributed by atoms with E-state index in [1.165, 1.54) is 0 Å². The number of benzene rings is 1. The topological polar surface area (TPSA) is 100 Å². The lowest BCUT2D eigenvalue weighted by atomic mass is 10.0. The van der Waals surface area contributed by atoms with E-state index in [0.717, 1.165) is 43.9 Å². The number of phenolic OH excluding ortho intramolecular Hbond substituents is 1. The van der Waals surface area contributed by atoms with Crippen molar-refractivity contribution in [2.45, 2.75) is 6.92 Å². The summed E-state index contributed by atoms with van der Waals surface area (Å²) in [5.41, 5.74) is 3.01. The van der Waals surface area contributed by atoms with E-state index in [1.54, 1.807) is 18.5 Å². The summed E-state index contributed by atoms with van der Waals surface area (Å²) >= 11 is 0. The molecule has 4 rings (SSSR count). The fourth-order valence-corrected chi connectivity index (χ4v) is 4.40. The van der Waals surface area contributed by atoms with Crippen LogP contribution in [0.15, 0.2) is 59.3 Å². The van der Waals surface area contributed by atoms with Crippen LogP contribution >= 0.6 is 0 Å². The molecule has 2 atom stereocenters. The number of aliphatic hydroxyl groups is 1. The first-order valence-electron chi connectivity index (χ1n) is 10.3. The van der Waals surface area contributed by atoms with Crippen LogP contribution in [0.5, 0.6) is 5.75 Å². The zero-order chi connectivity index (χ0) is 21.1. The molecule has 0 unspecified atom stereocenters. The van der Waals surface area contributed by atoms with Crippen LogP contribution in [-0.2, 0) is 0 Å². The molecule has 30 heavy (non-hydrogen) atoms. The van der Waals surface area contributed by atoms with Crippen LogP contribution in [0.4, 0.5) is 0 Å². The van der Waals surface area contributed by atoms with Gasteiger partial charge < -0.3 is 20.0 Å². The van der Waals surface area contributed by atoms with Gasteiger partial charge in [0.1, 0.15) is 11.6 Å². The number of rotatable bonds is 7. The molecule has 0 saturated carbocycles. The van der Waals surface area contributed by atoms with E-state index in [4.69, 9.17) is 5.11 Å². The number of aliphatic hydroxyl groups excluding tert-OH is 1. The molecule has 2 aromatic rings. The molecule has 0 radical (unpaired) electrons. The molecular weight excluding hydrogens is 380 g/mol. The Balaban J connectivity index is 1.40. The van der Waals surface area contributed by atoms with Gasteiger partial charge in [0, 0.05) is 50.0 Å². The largest absolute Gasteiger partial charge is 0.507 e. The van der Waals surface area contributed by atoms with Crippen LogP contribution in [0.25, 0.3) is 16.8 Å². The van der Waals surface area contributed by atoms with Crippen LogP contribution < -0.4 is 0 Å². The number of azo groups is 1. The minimum absolute atomic E-state index is 0.144. The lowest BCUT2D eigenvalue weighted by molar-refractivity contribution is 0.206. The van der Waals surface area contributed by atoms with Crippen LogP contribution in [0.1, 0.15) is 12.5 Å². The number of H-pyrrole nitrogens is 1. The third-order valence-corrected chi connectivity index (χ3v) is 5.99. The summed E-state index contributed by atoms with van der Waals surface area (Å²) in [7, 11) is 0. The average Bonchev–Trinajstić information content (AvgIpc) is 3.46. The molecule has 1 aromatic heterocycles. The molecule has 0 aliphatic carbocycles. The first-order chi connectivity index (χ1) is 14.6. The first kappa shape index (κ1) is 20.3. The molecule has 2 fully saturated rings. The highest BCUT2D eigenvalue weighted by Crippen LogP contribution is 2.34. The number of likely N-dealkylation sites (tertiary alicyclic amines) is 2. The van der Waals surface area contributed by atoms with Crippen LogP contribution in [0.2, 0.25) is 0 Å². The van der Waals surface area contributed by atoms with Gasteiger partial charge in [-0.25, -0.2) is 0 Å². The van der Waals surface area contributed by atoms with Gasteiger partial charge in [-0.1, -0.05) is 18.7 Å². The van der Waals surface area contributed by atoms with Crippen LogP contribution in [0, 0.1) is 11.8 Å². The zero-order valence-corrected chi connectivity index (χ0v) is 17.2. The Morgan fingerprint density at radius 1 is 1.23 bits per heavy atom. The second-order valence-electron chi connectivity index (χ2n) is 7.92. The Labute approximate surface area is 176 Å². The molecule has 3 N–H and O–H groups in total. The average molecular weight is 409 g/mol. The Hall–Kier alpha value is -2.97. The quantitative estimate of drug-likeness (QED) is 0.612. The number of aromatic amines is 1. The Bertz CT molecular complexity index is 939. The molecule has 0 spiro atoms. The van der Waals surface area contributed by atoms with Crippen molar-refractivity contribution < 1.29 is 10.2 Å². The monoisotopic (exact) mass is 408 g/mol. The molecule has 3 heterocycles. The number of β-amino-alcohol motifs (C(OH)–C–C–N with tert-alkyl or cyclic N) is 1. The molecule has 1 aromatic carbocycles. The van der Waals surface area contributed by atoms with Gasteiger partial charge in [-0.3, -0.25) is 5.10 Å². The maximum Gasteiger partial charge on any atom is 0.143 e. The van der Waals surface area contributed by atoms with E-state index in [1.807, 2.05) is 25.1 Å². The summed E-state index contributed by atoms with van der Waals surface area (Å²) in [6.45, 7) is 10.8. The van der Waals surface area contributed by atoms with Crippen molar-refractivity contribution in [3.05, 3.63) is 54.6 Å². The number of aromatic hydroxyl groups is 1. The van der Waals surface area contributed by atoms with Crippen molar-refractivity contribution in [2.24, 2.45) is 22.1 Å². The molecule has 2 aliphatic rings. The number of fused-ring (bicyclic) bond motifs is 1. The smallest absolute Gasteiger partial charge is 0.143 e. The minimum atomic E-state index is 0.144. The number of phenols is 1. The summed E-state index contributed by atoms with van der Waals surface area (Å²) in [5, 5.41) is 35.1. The summed E-state index contributed by atoms with van der Waals surface area (Å²) in [5.74, 6) is 1.96. The van der Waals surface area contributed by atoms with Crippen molar-refractivity contribution in [3.63, 3.8) is 0 Å². The van der Waals surface area contributed by atoms with Crippen LogP contribution in [-0.4, -0.2) is 69.5 Å². The molecule has 2 aliphatic heterocycles. The van der Waals surface area contributed by atoms with Gasteiger partial charge in [-0.2, -0.15) is 5.10 Å². The summed E-state index contributed by atoms with van der Waals surface area (Å²) < 4.78 is 0. The van der Waals surface area contributed by atoms with Gasteiger partial charge in [0.15, 0.2) is 0 Å². The summed E-state index contributed by atoms with van der Waals surface area (Å²) in [6, 6.07) is 5.46. The van der Waals surface area contributed by atoms with Crippen LogP contribution in [0.3, 0.4) is 0 Å². The molecule has 8 heteroatoms. The fourth-order valence-electron chi connectivity index (χ4n) is 4.40. The van der Waals surface area contributed by atoms with Gasteiger partial charge in [0.25, 0.3) is 0 Å². The number of hydrogen-bond donors (Lipinski definition) is 3. The van der Waals surface area contributed by atoms with Gasteiger partial charge >= 0.3 is 0 Å². The minimum Gasteiger partial charge on any atom is -0.507 e. The second-order valence-corrected chi connectivity index (χ2v) is 7.92. The van der Waals surface area contributed by atoms with E-state index in [2.05, 4.69) is 36.8 Å². The Kier molecular flexibility index (Phi) is 5.96. The van der Waals surface area contributed by atoms with Crippen molar-refractivity contribution in [1.29, 1.82) is 0 Å². The highest BCUT2D eigenvalue weighted by atomic mass is 16.3. The molecule has 2 saturated heterocycles. The van der Waals surface area contributed by atoms with Gasteiger partial charge in [0.2, 0.25) is 0 Å². The predicted octanol–water partition coefficient (Wildman–Crippen LogP) is 2.92. The van der Waals surface area contributed by atoms with Gasteiger partial charge in [-0.15, -0.1) is 10.2 Å². The van der Waals surface area contributed by atoms with Crippen molar-refractivity contribution in [1.82, 2.24) is 20.0 Å². The van der Waals surface area contributed by atoms with E-state index >= 15 is 0 Å². The normalized spacial score (nSPS) is 22.2. The summed E-state index contributed by atoms with van der Waals surface area (Å²) in [4.78, 5) is 4.51. The summed E-state index contributed by atoms with van der Waals surface area (Å²) in [6.07, 6.45) is 5.32. The molecule has 0 amide bonds. The number of allylic oxidation sites excluding steroid dienone is 1. The fraction of sp³-hybridized carbons (Fsp3) is 0.409. The number of hydrogen-bond acceptors (Lipinski definition) is 7. The van der Waals surface area contributed by atoms with Gasteiger partial charge in [-0.05, 0) is 36.5 Å². The molecule has 0 bridgehead atoms. The predicted molar refractivity (Wildman–Crippen MR) is 115 cm³/mol. The van der Waals surface area contributed by atoms with Gasteiger partial charge in [0.05, 0.1) is 18.5 Å². The number of nitrogens with zero attached hydrogens (tertiary/aromatic N) is 5. The molecule has 8 nitrogen and oxygen atoms in total. The SMILES string of the molecule is C=C(N=N/C(=C\C)c1ccc(-c2cn[nH]c2)cc1O)N1C[C@H]2CN(CCO)C[C@H]2C1. The highest BCUT2D eigenvalue weighted by molar-refractivity contribution is 5.74. The molecular formula is C22H28N6O2. The lowest BCUT2D eigenvalue weighted by Crippen LogP contribution is -2.29. The lowest BCUT2D eigenvalue weighted by Gasteiger charge is -2.21. The van der Waals surface area contributed by atoms with E-state index in [0.29, 0.717) is 28.9 Å². The number of nitrogens with one attached hydrogen (secondary N) is 1. The highest BCUT2D eigenvalue weighted by Gasteiger charge is 2.40. The van der Waals surface area contributed by atoms with E-state index < -0.39 is 0 Å². The molecule has 158 valence electrons. The van der Waals surface area contributed by atoms with Crippen molar-refractivity contribution >= 4 is 5.70 Å². The van der Waals surface area contributed by atoms with E-state index in [9.17, 15) is 5.11 Å². The third-order valence-electron chi connectivity index (χ3n) is 5.99. The standard InChI is InChI=1S/C22H28N6O2/c1-3-21(20-5-4-16(8-22(20)30)17-9-23-24-10-17)26-25-15(2)28-13-18-11-27(6-7-29)12-19(18)14-28/h3-5,8-10,18-19,29-30H,2,6-7,11-14H2,1H3,(H,23,24)/b21-3-,26-25?/t18-,19+. The maximum absolute atomic E-state index is 10.5. The third kappa shape index (κ3) is 4.15. The van der Waals surface area contributed by atoms with Crippen molar-refractivity contribution in [3.8, 4) is 16.9 Å². The van der Waals surface area contributed by atoms with Crippen molar-refractivity contribution in [2.75, 3.05) is 39.3 Å². The van der Waals surface area contributed by atoms with E-state index in [-0.39, 0.29) is 12.4 Å². The number of aromatic nitrogens is 2.